The average Bonchev–Trinajstić information content (AvgIpc) is 2.56. The van der Waals surface area contributed by atoms with E-state index < -0.39 is 18.5 Å². The third-order valence-corrected chi connectivity index (χ3v) is 3.58. The Labute approximate surface area is 143 Å². The molecule has 0 aliphatic heterocycles. The lowest BCUT2D eigenvalue weighted by Gasteiger charge is -2.09. The molecule has 0 unspecified atom stereocenters. The molecular weight excluding hydrogens is 333 g/mol. The number of carbonyl (C=O) groups is 2. The molecule has 0 spiro atoms. The summed E-state index contributed by atoms with van der Waals surface area (Å²) in [4.78, 5) is 23.4. The number of benzene rings is 2. The quantitative estimate of drug-likeness (QED) is 0.657. The van der Waals surface area contributed by atoms with Crippen LogP contribution in [0.1, 0.15) is 11.1 Å². The molecule has 4 nitrogen and oxygen atoms in total. The summed E-state index contributed by atoms with van der Waals surface area (Å²) in [5.74, 6) is -1.50. The van der Waals surface area contributed by atoms with Crippen molar-refractivity contribution in [3.63, 3.8) is 0 Å². The molecular formula is C18H15ClFNO3. The Morgan fingerprint density at radius 3 is 2.62 bits per heavy atom. The van der Waals surface area contributed by atoms with Crippen LogP contribution < -0.4 is 5.32 Å². The van der Waals surface area contributed by atoms with Crippen molar-refractivity contribution >= 4 is 35.2 Å². The zero-order chi connectivity index (χ0) is 17.5. The van der Waals surface area contributed by atoms with Gasteiger partial charge in [-0.1, -0.05) is 29.8 Å². The van der Waals surface area contributed by atoms with Gasteiger partial charge in [0.05, 0.1) is 0 Å². The Kier molecular flexibility index (Phi) is 6.09. The van der Waals surface area contributed by atoms with Crippen LogP contribution >= 0.6 is 11.6 Å². The number of halogens is 2. The Bertz CT molecular complexity index is 772. The first-order valence-electron chi connectivity index (χ1n) is 7.11. The molecule has 0 radical (unpaired) electrons. The van der Waals surface area contributed by atoms with E-state index >= 15 is 0 Å². The van der Waals surface area contributed by atoms with E-state index in [2.05, 4.69) is 5.32 Å². The van der Waals surface area contributed by atoms with Crippen molar-refractivity contribution in [2.75, 3.05) is 11.9 Å². The van der Waals surface area contributed by atoms with Crippen LogP contribution in [-0.4, -0.2) is 18.5 Å². The number of anilines is 1. The maximum absolute atomic E-state index is 12.8. The number of nitrogens with one attached hydrogen (secondary N) is 1. The molecule has 0 aliphatic carbocycles. The molecule has 0 aromatic heterocycles. The molecule has 1 amide bonds. The fourth-order valence-electron chi connectivity index (χ4n) is 1.85. The van der Waals surface area contributed by atoms with Crippen molar-refractivity contribution in [3.8, 4) is 0 Å². The van der Waals surface area contributed by atoms with Crippen LogP contribution in [0.25, 0.3) is 6.08 Å². The lowest BCUT2D eigenvalue weighted by molar-refractivity contribution is -0.142. The van der Waals surface area contributed by atoms with Gasteiger partial charge in [-0.3, -0.25) is 4.79 Å². The van der Waals surface area contributed by atoms with Gasteiger partial charge in [-0.15, -0.1) is 0 Å². The van der Waals surface area contributed by atoms with E-state index in [1.165, 1.54) is 36.4 Å². The fourth-order valence-corrected chi connectivity index (χ4v) is 2.03. The minimum absolute atomic E-state index is 0.359. The first kappa shape index (κ1) is 17.7. The van der Waals surface area contributed by atoms with Gasteiger partial charge >= 0.3 is 5.97 Å². The van der Waals surface area contributed by atoms with Crippen molar-refractivity contribution in [2.45, 2.75) is 6.92 Å². The van der Waals surface area contributed by atoms with Crippen LogP contribution in [0.5, 0.6) is 0 Å². The topological polar surface area (TPSA) is 55.4 Å². The largest absolute Gasteiger partial charge is 0.452 e. The van der Waals surface area contributed by atoms with E-state index in [4.69, 9.17) is 16.3 Å². The highest BCUT2D eigenvalue weighted by Crippen LogP contribution is 2.22. The maximum Gasteiger partial charge on any atom is 0.331 e. The van der Waals surface area contributed by atoms with Gasteiger partial charge < -0.3 is 10.1 Å². The van der Waals surface area contributed by atoms with Crippen LogP contribution in [0, 0.1) is 12.7 Å². The number of rotatable bonds is 5. The number of carbonyl (C=O) groups excluding carboxylic acids is 2. The number of hydrogen-bond donors (Lipinski definition) is 1. The average molecular weight is 348 g/mol. The van der Waals surface area contributed by atoms with Crippen LogP contribution in [0.3, 0.4) is 0 Å². The second kappa shape index (κ2) is 8.26. The lowest BCUT2D eigenvalue weighted by Crippen LogP contribution is -2.20. The minimum atomic E-state index is -0.669. The SMILES string of the molecule is Cc1c(Cl)cccc1NC(=O)COC(=O)C=Cc1ccc(F)cc1. The van der Waals surface area contributed by atoms with Crippen LogP contribution in [0.4, 0.5) is 10.1 Å². The maximum atomic E-state index is 12.8. The van der Waals surface area contributed by atoms with Gasteiger partial charge in [0.15, 0.2) is 6.61 Å². The lowest BCUT2D eigenvalue weighted by atomic mass is 10.2. The Morgan fingerprint density at radius 1 is 1.21 bits per heavy atom. The molecule has 1 N–H and O–H groups in total. The second-order valence-electron chi connectivity index (χ2n) is 4.95. The van der Waals surface area contributed by atoms with E-state index in [-0.39, 0.29) is 5.82 Å². The van der Waals surface area contributed by atoms with Gasteiger partial charge in [0.1, 0.15) is 5.82 Å². The third-order valence-electron chi connectivity index (χ3n) is 3.17. The normalized spacial score (nSPS) is 10.6. The van der Waals surface area contributed by atoms with E-state index in [1.54, 1.807) is 25.1 Å². The van der Waals surface area contributed by atoms with E-state index in [0.717, 1.165) is 5.56 Å². The summed E-state index contributed by atoms with van der Waals surface area (Å²) in [5.41, 5.74) is 1.94. The predicted molar refractivity (Wildman–Crippen MR) is 91.2 cm³/mol. The molecule has 2 aromatic rings. The third kappa shape index (κ3) is 5.21. The highest BCUT2D eigenvalue weighted by atomic mass is 35.5. The first-order valence-corrected chi connectivity index (χ1v) is 7.49. The highest BCUT2D eigenvalue weighted by molar-refractivity contribution is 6.31. The Balaban J connectivity index is 1.84. The zero-order valence-electron chi connectivity index (χ0n) is 12.9. The molecule has 0 saturated carbocycles. The highest BCUT2D eigenvalue weighted by Gasteiger charge is 2.08. The number of amides is 1. The van der Waals surface area contributed by atoms with E-state index in [0.29, 0.717) is 16.3 Å². The Morgan fingerprint density at radius 2 is 1.92 bits per heavy atom. The number of hydrogen-bond acceptors (Lipinski definition) is 3. The summed E-state index contributed by atoms with van der Waals surface area (Å²) in [6, 6.07) is 10.7. The predicted octanol–water partition coefficient (Wildman–Crippen LogP) is 3.98. The van der Waals surface area contributed by atoms with Gasteiger partial charge in [0.25, 0.3) is 5.91 Å². The Hall–Kier alpha value is -2.66. The van der Waals surface area contributed by atoms with Crippen LogP contribution in [-0.2, 0) is 14.3 Å². The smallest absolute Gasteiger partial charge is 0.331 e. The molecule has 124 valence electrons. The molecule has 0 saturated heterocycles. The van der Waals surface area contributed by atoms with Gasteiger partial charge in [-0.2, -0.15) is 0 Å². The summed E-state index contributed by atoms with van der Waals surface area (Å²) in [5, 5.41) is 3.15. The molecule has 6 heteroatoms. The molecule has 2 rings (SSSR count). The monoisotopic (exact) mass is 347 g/mol. The van der Waals surface area contributed by atoms with Crippen molar-refractivity contribution in [1.82, 2.24) is 0 Å². The number of esters is 1. The standard InChI is InChI=1S/C18H15ClFNO3/c1-12-15(19)3-2-4-16(12)21-17(22)11-24-18(23)10-7-13-5-8-14(20)9-6-13/h2-10H,11H2,1H3,(H,21,22). The van der Waals surface area contributed by atoms with Crippen LogP contribution in [0.15, 0.2) is 48.5 Å². The summed E-state index contributed by atoms with van der Waals surface area (Å²) >= 11 is 5.96. The van der Waals surface area contributed by atoms with Gasteiger partial charge in [0, 0.05) is 16.8 Å². The van der Waals surface area contributed by atoms with Crippen molar-refractivity contribution < 1.29 is 18.7 Å². The summed E-state index contributed by atoms with van der Waals surface area (Å²) < 4.78 is 17.6. The fraction of sp³-hybridized carbons (Fsp3) is 0.111. The van der Waals surface area contributed by atoms with Crippen molar-refractivity contribution in [1.29, 1.82) is 0 Å². The van der Waals surface area contributed by atoms with Gasteiger partial charge in [-0.25, -0.2) is 9.18 Å². The van der Waals surface area contributed by atoms with Crippen molar-refractivity contribution in [3.05, 3.63) is 70.5 Å². The summed E-state index contributed by atoms with van der Waals surface area (Å²) in [6.07, 6.45) is 2.64. The second-order valence-corrected chi connectivity index (χ2v) is 5.36. The van der Waals surface area contributed by atoms with E-state index in [9.17, 15) is 14.0 Å². The summed E-state index contributed by atoms with van der Waals surface area (Å²) in [6.45, 7) is 1.36. The molecule has 0 bridgehead atoms. The molecule has 0 atom stereocenters. The number of ether oxygens (including phenoxy) is 1. The van der Waals surface area contributed by atoms with Crippen molar-refractivity contribution in [2.24, 2.45) is 0 Å². The molecule has 0 heterocycles. The van der Waals surface area contributed by atoms with Gasteiger partial charge in [-0.05, 0) is 48.4 Å². The van der Waals surface area contributed by atoms with Crippen LogP contribution in [0.2, 0.25) is 5.02 Å². The van der Waals surface area contributed by atoms with E-state index in [1.807, 2.05) is 0 Å². The minimum Gasteiger partial charge on any atom is -0.452 e. The molecule has 24 heavy (non-hydrogen) atoms. The zero-order valence-corrected chi connectivity index (χ0v) is 13.6. The molecule has 0 aliphatic rings. The molecule has 0 fully saturated rings. The first-order chi connectivity index (χ1) is 11.5. The van der Waals surface area contributed by atoms with Gasteiger partial charge in [0.2, 0.25) is 0 Å². The molecule has 2 aromatic carbocycles. The summed E-state index contributed by atoms with van der Waals surface area (Å²) in [7, 11) is 0.